The lowest BCUT2D eigenvalue weighted by atomic mass is 9.95. The normalized spacial score (nSPS) is 19.2. The summed E-state index contributed by atoms with van der Waals surface area (Å²) < 4.78 is 33.6. The van der Waals surface area contributed by atoms with Crippen molar-refractivity contribution in [2.75, 3.05) is 11.5 Å². The summed E-state index contributed by atoms with van der Waals surface area (Å²) in [5.74, 6) is -3.53. The fourth-order valence-corrected chi connectivity index (χ4v) is 4.10. The van der Waals surface area contributed by atoms with E-state index in [1.165, 1.54) is 12.4 Å². The third-order valence-corrected chi connectivity index (χ3v) is 5.58. The van der Waals surface area contributed by atoms with Crippen molar-refractivity contribution in [1.29, 1.82) is 0 Å². The van der Waals surface area contributed by atoms with Crippen LogP contribution in [-0.2, 0) is 16.0 Å². The fourth-order valence-electron chi connectivity index (χ4n) is 4.10. The molecule has 0 spiro atoms. The van der Waals surface area contributed by atoms with Gasteiger partial charge < -0.3 is 9.84 Å². The Hall–Kier alpha value is -4.07. The molecule has 1 fully saturated rings. The van der Waals surface area contributed by atoms with Gasteiger partial charge in [-0.3, -0.25) is 19.5 Å². The van der Waals surface area contributed by atoms with Gasteiger partial charge in [0, 0.05) is 30.4 Å². The summed E-state index contributed by atoms with van der Waals surface area (Å²) in [5.41, 5.74) is 1.11. The van der Waals surface area contributed by atoms with Gasteiger partial charge in [0.15, 0.2) is 0 Å². The molecule has 6 nitrogen and oxygen atoms in total. The summed E-state index contributed by atoms with van der Waals surface area (Å²) in [6, 6.07) is 9.76. The topological polar surface area (TPSA) is 79.7 Å². The molecule has 1 unspecified atom stereocenters. The molecule has 1 atom stereocenters. The average molecular weight is 434 g/mol. The lowest BCUT2D eigenvalue weighted by Gasteiger charge is -2.25. The van der Waals surface area contributed by atoms with Crippen LogP contribution in [0.15, 0.2) is 66.5 Å². The van der Waals surface area contributed by atoms with E-state index >= 15 is 0 Å². The number of fused-ring (bicyclic) bond motifs is 1. The van der Waals surface area contributed by atoms with Gasteiger partial charge in [0.25, 0.3) is 11.7 Å². The van der Waals surface area contributed by atoms with Crippen molar-refractivity contribution in [2.45, 2.75) is 12.5 Å². The summed E-state index contributed by atoms with van der Waals surface area (Å²) in [7, 11) is 0. The molecule has 0 aliphatic carbocycles. The second kappa shape index (κ2) is 7.56. The maximum absolute atomic E-state index is 14.6. The molecule has 1 N–H and O–H groups in total. The van der Waals surface area contributed by atoms with Crippen LogP contribution >= 0.6 is 0 Å². The SMILES string of the molecule is O=C1C(=O)N(c2ccc(F)cc2F)C(c2cccnc2)/C1=C(/O)c1ccc2c(c1)CCO2. The molecule has 5 rings (SSSR count). The average Bonchev–Trinajstić information content (AvgIpc) is 3.36. The maximum atomic E-state index is 14.6. The van der Waals surface area contributed by atoms with Crippen LogP contribution in [0.3, 0.4) is 0 Å². The van der Waals surface area contributed by atoms with Gasteiger partial charge in [0.2, 0.25) is 0 Å². The van der Waals surface area contributed by atoms with Crippen molar-refractivity contribution in [3.8, 4) is 5.75 Å². The van der Waals surface area contributed by atoms with Crippen LogP contribution in [0.5, 0.6) is 5.75 Å². The molecule has 1 saturated heterocycles. The summed E-state index contributed by atoms with van der Waals surface area (Å²) in [6.45, 7) is 0.517. The number of aromatic nitrogens is 1. The molecule has 0 bridgehead atoms. The van der Waals surface area contributed by atoms with Gasteiger partial charge in [-0.25, -0.2) is 8.78 Å². The van der Waals surface area contributed by atoms with E-state index in [0.29, 0.717) is 36.0 Å². The number of rotatable bonds is 3. The monoisotopic (exact) mass is 434 g/mol. The molecule has 2 aromatic carbocycles. The quantitative estimate of drug-likeness (QED) is 0.384. The van der Waals surface area contributed by atoms with Crippen LogP contribution in [0, 0.1) is 11.6 Å². The zero-order valence-corrected chi connectivity index (χ0v) is 16.6. The van der Waals surface area contributed by atoms with E-state index in [0.717, 1.165) is 22.6 Å². The van der Waals surface area contributed by atoms with E-state index in [-0.39, 0.29) is 11.3 Å². The molecular formula is C24H16F2N2O4. The zero-order chi connectivity index (χ0) is 22.4. The standard InChI is InChI=1S/C24H16F2N2O4/c25-16-4-5-18(17(26)11-16)28-21(15-2-1-8-27-12-15)20(23(30)24(28)31)22(29)14-3-6-19-13(10-14)7-9-32-19/h1-6,8,10-12,21,29H,7,9H2/b22-20-. The van der Waals surface area contributed by atoms with E-state index < -0.39 is 35.1 Å². The Kier molecular flexibility index (Phi) is 4.70. The highest BCUT2D eigenvalue weighted by Crippen LogP contribution is 2.43. The van der Waals surface area contributed by atoms with Crippen molar-refractivity contribution in [3.63, 3.8) is 0 Å². The number of hydrogen-bond acceptors (Lipinski definition) is 5. The molecule has 8 heteroatoms. The third kappa shape index (κ3) is 3.11. The Bertz CT molecular complexity index is 1290. The molecule has 0 saturated carbocycles. The van der Waals surface area contributed by atoms with E-state index in [2.05, 4.69) is 4.98 Å². The number of aliphatic hydroxyl groups excluding tert-OH is 1. The van der Waals surface area contributed by atoms with Gasteiger partial charge in [0.05, 0.1) is 23.9 Å². The van der Waals surface area contributed by atoms with Crippen LogP contribution in [0.2, 0.25) is 0 Å². The highest BCUT2D eigenvalue weighted by atomic mass is 19.1. The summed E-state index contributed by atoms with van der Waals surface area (Å²) in [6.07, 6.45) is 3.58. The minimum absolute atomic E-state index is 0.203. The molecular weight excluding hydrogens is 418 g/mol. The number of halogens is 2. The van der Waals surface area contributed by atoms with Gasteiger partial charge in [-0.05, 0) is 47.5 Å². The smallest absolute Gasteiger partial charge is 0.300 e. The number of Topliss-reactive ketones (excluding diaryl/α,β-unsaturated/α-hetero) is 1. The minimum atomic E-state index is -1.15. The van der Waals surface area contributed by atoms with Gasteiger partial charge in [-0.15, -0.1) is 0 Å². The predicted octanol–water partition coefficient (Wildman–Crippen LogP) is 3.92. The van der Waals surface area contributed by atoms with Crippen molar-refractivity contribution in [3.05, 3.63) is 94.8 Å². The number of carbonyl (C=O) groups is 2. The highest BCUT2D eigenvalue weighted by Gasteiger charge is 2.48. The van der Waals surface area contributed by atoms with E-state index in [1.54, 1.807) is 30.3 Å². The number of ether oxygens (including phenoxy) is 1. The summed E-state index contributed by atoms with van der Waals surface area (Å²) in [5, 5.41) is 11.1. The van der Waals surface area contributed by atoms with Crippen molar-refractivity contribution >= 4 is 23.1 Å². The lowest BCUT2D eigenvalue weighted by molar-refractivity contribution is -0.132. The molecule has 2 aliphatic rings. The number of carbonyl (C=O) groups excluding carboxylic acids is 2. The largest absolute Gasteiger partial charge is 0.507 e. The van der Waals surface area contributed by atoms with Crippen LogP contribution in [0.25, 0.3) is 5.76 Å². The molecule has 160 valence electrons. The Morgan fingerprint density at radius 3 is 2.72 bits per heavy atom. The van der Waals surface area contributed by atoms with E-state index in [9.17, 15) is 23.5 Å². The first-order valence-corrected chi connectivity index (χ1v) is 9.88. The molecule has 1 aromatic heterocycles. The molecule has 0 radical (unpaired) electrons. The maximum Gasteiger partial charge on any atom is 0.300 e. The van der Waals surface area contributed by atoms with Gasteiger partial charge >= 0.3 is 0 Å². The highest BCUT2D eigenvalue weighted by molar-refractivity contribution is 6.51. The molecule has 3 aromatic rings. The first-order chi connectivity index (χ1) is 15.5. The number of benzene rings is 2. The Morgan fingerprint density at radius 2 is 1.97 bits per heavy atom. The molecule has 3 heterocycles. The first kappa shape index (κ1) is 19.9. The third-order valence-electron chi connectivity index (χ3n) is 5.58. The Morgan fingerprint density at radius 1 is 1.12 bits per heavy atom. The first-order valence-electron chi connectivity index (χ1n) is 9.88. The van der Waals surface area contributed by atoms with Crippen molar-refractivity contribution in [2.24, 2.45) is 0 Å². The van der Waals surface area contributed by atoms with E-state index in [1.807, 2.05) is 0 Å². The van der Waals surface area contributed by atoms with Crippen LogP contribution in [-0.4, -0.2) is 28.4 Å². The van der Waals surface area contributed by atoms with Gasteiger partial charge in [-0.2, -0.15) is 0 Å². The van der Waals surface area contributed by atoms with Gasteiger partial charge in [-0.1, -0.05) is 6.07 Å². The molecule has 32 heavy (non-hydrogen) atoms. The second-order valence-electron chi connectivity index (χ2n) is 7.47. The number of pyridine rings is 1. The predicted molar refractivity (Wildman–Crippen MR) is 111 cm³/mol. The number of nitrogens with zero attached hydrogens (tertiary/aromatic N) is 2. The minimum Gasteiger partial charge on any atom is -0.507 e. The number of anilines is 1. The van der Waals surface area contributed by atoms with Crippen LogP contribution < -0.4 is 9.64 Å². The second-order valence-corrected chi connectivity index (χ2v) is 7.47. The van der Waals surface area contributed by atoms with Gasteiger partial charge in [0.1, 0.15) is 23.1 Å². The number of hydrogen-bond donors (Lipinski definition) is 1. The summed E-state index contributed by atoms with van der Waals surface area (Å²) >= 11 is 0. The summed E-state index contributed by atoms with van der Waals surface area (Å²) in [4.78, 5) is 31.0. The Balaban J connectivity index is 1.71. The Labute approximate surface area is 181 Å². The lowest BCUT2D eigenvalue weighted by Crippen LogP contribution is -2.30. The number of ketones is 1. The fraction of sp³-hybridized carbons (Fsp3) is 0.125. The van der Waals surface area contributed by atoms with E-state index in [4.69, 9.17) is 4.74 Å². The zero-order valence-electron chi connectivity index (χ0n) is 16.6. The van der Waals surface area contributed by atoms with Crippen LogP contribution in [0.4, 0.5) is 14.5 Å². The number of aliphatic hydroxyl groups is 1. The van der Waals surface area contributed by atoms with Crippen molar-refractivity contribution in [1.82, 2.24) is 4.98 Å². The molecule has 1 amide bonds. The molecule has 2 aliphatic heterocycles. The van der Waals surface area contributed by atoms with Crippen molar-refractivity contribution < 1.29 is 28.2 Å². The van der Waals surface area contributed by atoms with Crippen LogP contribution in [0.1, 0.15) is 22.7 Å². The number of amides is 1.